The lowest BCUT2D eigenvalue weighted by molar-refractivity contribution is -0.498. The molecule has 1 rings (SSSR count). The highest BCUT2D eigenvalue weighted by atomic mass is 16.6. The molecule has 0 aromatic rings. The van der Waals surface area contributed by atoms with Crippen molar-refractivity contribution >= 4 is 5.97 Å². The second-order valence-corrected chi connectivity index (χ2v) is 4.44. The van der Waals surface area contributed by atoms with E-state index in [2.05, 4.69) is 0 Å². The highest BCUT2D eigenvalue weighted by molar-refractivity contribution is 5.70. The molecular weight excluding hydrogens is 226 g/mol. The first-order chi connectivity index (χ1) is 8.08. The predicted molar refractivity (Wildman–Crippen MR) is 60.2 cm³/mol. The van der Waals surface area contributed by atoms with Crippen molar-refractivity contribution in [1.29, 1.82) is 0 Å². The zero-order valence-electron chi connectivity index (χ0n) is 10.1. The summed E-state index contributed by atoms with van der Waals surface area (Å²) in [7, 11) is 0. The Bertz CT molecular complexity index is 271. The van der Waals surface area contributed by atoms with Crippen molar-refractivity contribution in [3.8, 4) is 0 Å². The van der Waals surface area contributed by atoms with Crippen LogP contribution >= 0.6 is 0 Å². The fourth-order valence-electron chi connectivity index (χ4n) is 2.25. The number of ether oxygens (including phenoxy) is 2. The molecule has 0 radical (unpaired) electrons. The van der Waals surface area contributed by atoms with Gasteiger partial charge in [-0.1, -0.05) is 0 Å². The maximum Gasteiger partial charge on any atom is 0.306 e. The zero-order chi connectivity index (χ0) is 12.7. The van der Waals surface area contributed by atoms with Crippen LogP contribution in [0.15, 0.2) is 0 Å². The molecule has 0 bridgehead atoms. The molecule has 1 unspecified atom stereocenters. The predicted octanol–water partition coefficient (Wildman–Crippen LogP) is 1.40. The van der Waals surface area contributed by atoms with E-state index in [9.17, 15) is 14.9 Å². The van der Waals surface area contributed by atoms with Crippen molar-refractivity contribution in [3.05, 3.63) is 10.1 Å². The molecule has 0 N–H and O–H groups in total. The van der Waals surface area contributed by atoms with Gasteiger partial charge in [0.15, 0.2) is 0 Å². The second-order valence-electron chi connectivity index (χ2n) is 4.44. The normalized spacial score (nSPS) is 25.0. The summed E-state index contributed by atoms with van der Waals surface area (Å²) in [6.07, 6.45) is 2.07. The van der Waals surface area contributed by atoms with E-state index in [1.807, 2.05) is 0 Å². The standard InChI is InChI=1S/C11H19NO5/c1-2-17-10(13)8-11(9-12(14)15)4-3-6-16-7-5-11/h2-9H2,1H3. The van der Waals surface area contributed by atoms with Crippen LogP contribution in [0.5, 0.6) is 0 Å². The van der Waals surface area contributed by atoms with Crippen molar-refractivity contribution in [2.45, 2.75) is 32.6 Å². The molecule has 6 nitrogen and oxygen atoms in total. The van der Waals surface area contributed by atoms with Gasteiger partial charge in [-0.2, -0.15) is 0 Å². The lowest BCUT2D eigenvalue weighted by atomic mass is 9.78. The number of nitrogens with zero attached hydrogens (tertiary/aromatic N) is 1. The molecule has 0 aromatic carbocycles. The van der Waals surface area contributed by atoms with E-state index in [1.54, 1.807) is 6.92 Å². The topological polar surface area (TPSA) is 78.7 Å². The van der Waals surface area contributed by atoms with E-state index < -0.39 is 5.41 Å². The third-order valence-corrected chi connectivity index (χ3v) is 3.06. The van der Waals surface area contributed by atoms with Gasteiger partial charge in [0.1, 0.15) is 0 Å². The average Bonchev–Trinajstić information content (AvgIpc) is 2.43. The van der Waals surface area contributed by atoms with E-state index in [1.165, 1.54) is 0 Å². The Hall–Kier alpha value is -1.17. The molecule has 1 atom stereocenters. The van der Waals surface area contributed by atoms with Crippen LogP contribution in [-0.2, 0) is 14.3 Å². The van der Waals surface area contributed by atoms with Crippen molar-refractivity contribution < 1.29 is 19.2 Å². The Morgan fingerprint density at radius 1 is 1.47 bits per heavy atom. The maximum absolute atomic E-state index is 11.5. The third-order valence-electron chi connectivity index (χ3n) is 3.06. The molecule has 0 spiro atoms. The van der Waals surface area contributed by atoms with Crippen molar-refractivity contribution in [1.82, 2.24) is 0 Å². The molecule has 6 heteroatoms. The monoisotopic (exact) mass is 245 g/mol. The summed E-state index contributed by atoms with van der Waals surface area (Å²) >= 11 is 0. The van der Waals surface area contributed by atoms with Gasteiger partial charge in [0.2, 0.25) is 6.54 Å². The summed E-state index contributed by atoms with van der Waals surface area (Å²) in [6.45, 7) is 2.95. The summed E-state index contributed by atoms with van der Waals surface area (Å²) in [6, 6.07) is 0. The Morgan fingerprint density at radius 2 is 2.24 bits per heavy atom. The lowest BCUT2D eigenvalue weighted by Crippen LogP contribution is -2.33. The molecule has 0 saturated carbocycles. The van der Waals surface area contributed by atoms with Crippen molar-refractivity contribution in [2.24, 2.45) is 5.41 Å². The zero-order valence-corrected chi connectivity index (χ0v) is 10.1. The molecule has 1 aliphatic rings. The van der Waals surface area contributed by atoms with Gasteiger partial charge in [0.25, 0.3) is 0 Å². The number of esters is 1. The van der Waals surface area contributed by atoms with Gasteiger partial charge in [-0.3, -0.25) is 14.9 Å². The van der Waals surface area contributed by atoms with Gasteiger partial charge in [-0.25, -0.2) is 0 Å². The first kappa shape index (κ1) is 13.9. The molecule has 0 aliphatic carbocycles. The summed E-state index contributed by atoms with van der Waals surface area (Å²) in [5.74, 6) is -0.351. The Labute approximate surface area is 100 Å². The quantitative estimate of drug-likeness (QED) is 0.415. The van der Waals surface area contributed by atoms with Gasteiger partial charge in [-0.05, 0) is 26.2 Å². The molecule has 1 heterocycles. The van der Waals surface area contributed by atoms with Crippen LogP contribution in [0.2, 0.25) is 0 Å². The third kappa shape index (κ3) is 4.68. The second kappa shape index (κ2) is 6.54. The molecule has 98 valence electrons. The van der Waals surface area contributed by atoms with Crippen LogP contribution in [0.3, 0.4) is 0 Å². The minimum atomic E-state index is -0.591. The highest BCUT2D eigenvalue weighted by Crippen LogP contribution is 2.35. The summed E-state index contributed by atoms with van der Waals surface area (Å²) in [5, 5.41) is 10.7. The van der Waals surface area contributed by atoms with E-state index in [0.717, 1.165) is 6.42 Å². The Morgan fingerprint density at radius 3 is 2.88 bits per heavy atom. The minimum absolute atomic E-state index is 0.116. The van der Waals surface area contributed by atoms with Gasteiger partial charge >= 0.3 is 5.97 Å². The first-order valence-corrected chi connectivity index (χ1v) is 5.93. The van der Waals surface area contributed by atoms with E-state index in [4.69, 9.17) is 9.47 Å². The molecule has 1 aliphatic heterocycles. The summed E-state index contributed by atoms with van der Waals surface area (Å²) in [4.78, 5) is 21.9. The Balaban J connectivity index is 2.69. The molecular formula is C11H19NO5. The summed E-state index contributed by atoms with van der Waals surface area (Å²) in [5.41, 5.74) is -0.591. The first-order valence-electron chi connectivity index (χ1n) is 5.93. The van der Waals surface area contributed by atoms with Gasteiger partial charge in [-0.15, -0.1) is 0 Å². The van der Waals surface area contributed by atoms with E-state index in [-0.39, 0.29) is 23.9 Å². The molecule has 17 heavy (non-hydrogen) atoms. The molecule has 1 fully saturated rings. The number of rotatable bonds is 5. The number of nitro groups is 1. The number of hydrogen-bond acceptors (Lipinski definition) is 5. The fraction of sp³-hybridized carbons (Fsp3) is 0.909. The fourth-order valence-corrected chi connectivity index (χ4v) is 2.25. The van der Waals surface area contributed by atoms with Crippen LogP contribution < -0.4 is 0 Å². The number of hydrogen-bond donors (Lipinski definition) is 0. The average molecular weight is 245 g/mol. The number of carbonyl (C=O) groups is 1. The number of carbonyl (C=O) groups excluding carboxylic acids is 1. The smallest absolute Gasteiger partial charge is 0.306 e. The van der Waals surface area contributed by atoms with E-state index in [0.29, 0.717) is 32.7 Å². The molecule has 0 aromatic heterocycles. The maximum atomic E-state index is 11.5. The van der Waals surface area contributed by atoms with Crippen LogP contribution in [-0.4, -0.2) is 37.3 Å². The minimum Gasteiger partial charge on any atom is -0.466 e. The van der Waals surface area contributed by atoms with Crippen LogP contribution in [0.4, 0.5) is 0 Å². The summed E-state index contributed by atoms with van der Waals surface area (Å²) < 4.78 is 10.2. The van der Waals surface area contributed by atoms with Crippen molar-refractivity contribution in [2.75, 3.05) is 26.4 Å². The Kier molecular flexibility index (Phi) is 5.34. The lowest BCUT2D eigenvalue weighted by Gasteiger charge is -2.26. The SMILES string of the molecule is CCOC(=O)CC1(C[N+](=O)[O-])CCCOCC1. The van der Waals surface area contributed by atoms with Crippen LogP contribution in [0, 0.1) is 15.5 Å². The van der Waals surface area contributed by atoms with E-state index >= 15 is 0 Å². The molecule has 0 amide bonds. The largest absolute Gasteiger partial charge is 0.466 e. The highest BCUT2D eigenvalue weighted by Gasteiger charge is 2.39. The molecule has 1 saturated heterocycles. The van der Waals surface area contributed by atoms with Gasteiger partial charge < -0.3 is 9.47 Å². The van der Waals surface area contributed by atoms with Gasteiger partial charge in [0, 0.05) is 23.6 Å². The van der Waals surface area contributed by atoms with Crippen LogP contribution in [0.1, 0.15) is 32.6 Å². The van der Waals surface area contributed by atoms with Crippen molar-refractivity contribution in [3.63, 3.8) is 0 Å². The van der Waals surface area contributed by atoms with Crippen LogP contribution in [0.25, 0.3) is 0 Å². The van der Waals surface area contributed by atoms with Gasteiger partial charge in [0.05, 0.1) is 13.0 Å².